The maximum Gasteiger partial charge on any atom is 0.250 e. The van der Waals surface area contributed by atoms with E-state index in [1.807, 2.05) is 24.1 Å². The maximum atomic E-state index is 13.6. The fraction of sp³-hybridized carbons (Fsp3) is 0.556. The van der Waals surface area contributed by atoms with Gasteiger partial charge in [-0.05, 0) is 30.9 Å². The first kappa shape index (κ1) is 16.5. The zero-order valence-electron chi connectivity index (χ0n) is 14.4. The topological polar surface area (TPSA) is 52.4 Å². The highest BCUT2D eigenvalue weighted by Gasteiger charge is 2.52. The van der Waals surface area contributed by atoms with Gasteiger partial charge in [-0.3, -0.25) is 9.58 Å². The van der Waals surface area contributed by atoms with Crippen LogP contribution in [0.25, 0.3) is 0 Å². The van der Waals surface area contributed by atoms with Gasteiger partial charge in [0.1, 0.15) is 0 Å². The first-order valence-electron chi connectivity index (χ1n) is 8.72. The van der Waals surface area contributed by atoms with Crippen LogP contribution in [0.4, 0.5) is 4.39 Å². The summed E-state index contributed by atoms with van der Waals surface area (Å²) >= 11 is 0. The minimum Gasteiger partial charge on any atom is -0.476 e. The van der Waals surface area contributed by atoms with E-state index in [0.29, 0.717) is 12.5 Å². The Morgan fingerprint density at radius 1 is 1.44 bits per heavy atom. The Labute approximate surface area is 146 Å². The Hall–Kier alpha value is -1.99. The lowest BCUT2D eigenvalue weighted by molar-refractivity contribution is -0.138. The zero-order valence-corrected chi connectivity index (χ0v) is 14.4. The lowest BCUT2D eigenvalue weighted by Gasteiger charge is -2.50. The first-order valence-corrected chi connectivity index (χ1v) is 8.72. The molecule has 2 aliphatic heterocycles. The average molecular weight is 346 g/mol. The van der Waals surface area contributed by atoms with Crippen LogP contribution in [0.3, 0.4) is 0 Å². The van der Waals surface area contributed by atoms with Gasteiger partial charge in [0.2, 0.25) is 5.88 Å². The third-order valence-corrected chi connectivity index (χ3v) is 5.18. The van der Waals surface area contributed by atoms with E-state index in [0.717, 1.165) is 39.1 Å². The van der Waals surface area contributed by atoms with Crippen molar-refractivity contribution >= 4 is 0 Å². The van der Waals surface area contributed by atoms with Crippen LogP contribution in [-0.4, -0.2) is 51.6 Å². The number of rotatable bonds is 6. The molecule has 2 aromatic rings. The van der Waals surface area contributed by atoms with Crippen molar-refractivity contribution in [1.82, 2.24) is 19.7 Å². The zero-order chi connectivity index (χ0) is 17.3. The van der Waals surface area contributed by atoms with Gasteiger partial charge in [-0.25, -0.2) is 9.37 Å². The smallest absolute Gasteiger partial charge is 0.250 e. The van der Waals surface area contributed by atoms with Gasteiger partial charge in [-0.15, -0.1) is 0 Å². The van der Waals surface area contributed by atoms with Gasteiger partial charge in [-0.2, -0.15) is 5.10 Å². The summed E-state index contributed by atoms with van der Waals surface area (Å²) in [6.45, 7) is 4.03. The summed E-state index contributed by atoms with van der Waals surface area (Å²) in [6.07, 6.45) is 7.40. The molecule has 2 aliphatic rings. The number of likely N-dealkylation sites (tertiary alicyclic amines) is 1. The lowest BCUT2D eigenvalue weighted by atomic mass is 9.79. The van der Waals surface area contributed by atoms with Gasteiger partial charge in [0.05, 0.1) is 18.4 Å². The summed E-state index contributed by atoms with van der Waals surface area (Å²) in [6, 6.07) is 2.93. The van der Waals surface area contributed by atoms with E-state index in [1.165, 1.54) is 11.6 Å². The Kier molecular flexibility index (Phi) is 4.43. The van der Waals surface area contributed by atoms with Gasteiger partial charge in [0.25, 0.3) is 0 Å². The Balaban J connectivity index is 1.27. The molecule has 0 bridgehead atoms. The van der Waals surface area contributed by atoms with Crippen molar-refractivity contribution in [3.63, 3.8) is 0 Å². The van der Waals surface area contributed by atoms with E-state index in [4.69, 9.17) is 9.47 Å². The van der Waals surface area contributed by atoms with Crippen LogP contribution >= 0.6 is 0 Å². The first-order chi connectivity index (χ1) is 12.1. The molecule has 0 radical (unpaired) electrons. The molecule has 0 aliphatic carbocycles. The lowest BCUT2D eigenvalue weighted by Crippen LogP contribution is -2.64. The van der Waals surface area contributed by atoms with Crippen LogP contribution in [-0.2, 0) is 18.3 Å². The van der Waals surface area contributed by atoms with E-state index < -0.39 is 5.82 Å². The van der Waals surface area contributed by atoms with Crippen molar-refractivity contribution in [3.8, 4) is 5.88 Å². The second-order valence-electron chi connectivity index (χ2n) is 6.99. The van der Waals surface area contributed by atoms with Crippen LogP contribution < -0.4 is 4.74 Å². The third-order valence-electron chi connectivity index (χ3n) is 5.18. The highest BCUT2D eigenvalue weighted by molar-refractivity contribution is 5.13. The molecule has 0 aromatic carbocycles. The number of ether oxygens (including phenoxy) is 2. The number of hydrogen-bond acceptors (Lipinski definition) is 5. The molecule has 0 amide bonds. The molecular formula is C18H23FN4O2. The quantitative estimate of drug-likeness (QED) is 0.801. The summed E-state index contributed by atoms with van der Waals surface area (Å²) in [4.78, 5) is 6.31. The van der Waals surface area contributed by atoms with Gasteiger partial charge >= 0.3 is 0 Å². The molecule has 6 nitrogen and oxygen atoms in total. The van der Waals surface area contributed by atoms with Crippen LogP contribution in [0.5, 0.6) is 5.88 Å². The average Bonchev–Trinajstić information content (AvgIpc) is 3.16. The number of aromatic nitrogens is 3. The fourth-order valence-electron chi connectivity index (χ4n) is 3.95. The molecule has 0 saturated carbocycles. The Morgan fingerprint density at radius 2 is 2.32 bits per heavy atom. The summed E-state index contributed by atoms with van der Waals surface area (Å²) < 4.78 is 27.0. The minimum absolute atomic E-state index is 0.0613. The van der Waals surface area contributed by atoms with Crippen LogP contribution in [0, 0.1) is 11.7 Å². The summed E-state index contributed by atoms with van der Waals surface area (Å²) in [5, 5.41) is 4.21. The van der Waals surface area contributed by atoms with Crippen molar-refractivity contribution < 1.29 is 13.9 Å². The summed E-state index contributed by atoms with van der Waals surface area (Å²) in [5.41, 5.74) is 1.16. The second kappa shape index (κ2) is 6.72. The van der Waals surface area contributed by atoms with Crippen molar-refractivity contribution in [3.05, 3.63) is 42.1 Å². The van der Waals surface area contributed by atoms with E-state index in [9.17, 15) is 4.39 Å². The standard InChI is InChI=1S/C18H23FN4O2/c1-22-10-14(9-21-22)11-23-12-18(13-23)15(5-8-25-18)4-7-24-17-16(19)3-2-6-20-17/h2-3,6,9-10,15H,4-5,7-8,11-13H2,1H3/t15-/m0/s1. The number of pyridine rings is 1. The number of hydrogen-bond donors (Lipinski definition) is 0. The van der Waals surface area contributed by atoms with E-state index >= 15 is 0 Å². The van der Waals surface area contributed by atoms with Crippen LogP contribution in [0.15, 0.2) is 30.7 Å². The minimum atomic E-state index is -0.411. The predicted octanol–water partition coefficient (Wildman–Crippen LogP) is 2.01. The third kappa shape index (κ3) is 3.39. The summed E-state index contributed by atoms with van der Waals surface area (Å²) in [5.74, 6) is 0.123. The monoisotopic (exact) mass is 346 g/mol. The molecule has 134 valence electrons. The molecule has 2 aromatic heterocycles. The summed E-state index contributed by atoms with van der Waals surface area (Å²) in [7, 11) is 1.93. The van der Waals surface area contributed by atoms with Crippen LogP contribution in [0.1, 0.15) is 18.4 Å². The molecule has 1 atom stereocenters. The van der Waals surface area contributed by atoms with E-state index in [2.05, 4.69) is 15.0 Å². The largest absolute Gasteiger partial charge is 0.476 e. The molecule has 1 spiro atoms. The van der Waals surface area contributed by atoms with Crippen molar-refractivity contribution in [2.75, 3.05) is 26.3 Å². The number of halogens is 1. The molecule has 0 N–H and O–H groups in total. The SMILES string of the molecule is Cn1cc(CN2CC3(C2)OCC[C@@H]3CCOc2ncccc2F)cn1. The van der Waals surface area contributed by atoms with Crippen molar-refractivity contribution in [2.24, 2.45) is 13.0 Å². The highest BCUT2D eigenvalue weighted by Crippen LogP contribution is 2.42. The number of nitrogens with zero attached hydrogens (tertiary/aromatic N) is 4. The van der Waals surface area contributed by atoms with Gasteiger partial charge < -0.3 is 9.47 Å². The van der Waals surface area contributed by atoms with E-state index in [-0.39, 0.29) is 11.5 Å². The van der Waals surface area contributed by atoms with Crippen LogP contribution in [0.2, 0.25) is 0 Å². The predicted molar refractivity (Wildman–Crippen MR) is 89.6 cm³/mol. The van der Waals surface area contributed by atoms with E-state index in [1.54, 1.807) is 12.3 Å². The van der Waals surface area contributed by atoms with Gasteiger partial charge in [0.15, 0.2) is 5.82 Å². The Bertz CT molecular complexity index is 729. The van der Waals surface area contributed by atoms with Gasteiger partial charge in [0, 0.05) is 51.2 Å². The normalized spacial score (nSPS) is 22.2. The molecule has 4 rings (SSSR count). The van der Waals surface area contributed by atoms with Gasteiger partial charge in [-0.1, -0.05) is 0 Å². The molecule has 0 unspecified atom stereocenters. The Morgan fingerprint density at radius 3 is 3.08 bits per heavy atom. The molecular weight excluding hydrogens is 323 g/mol. The molecule has 7 heteroatoms. The highest BCUT2D eigenvalue weighted by atomic mass is 19.1. The second-order valence-corrected chi connectivity index (χ2v) is 6.99. The van der Waals surface area contributed by atoms with Crippen molar-refractivity contribution in [1.29, 1.82) is 0 Å². The van der Waals surface area contributed by atoms with Crippen molar-refractivity contribution in [2.45, 2.75) is 25.0 Å². The molecule has 2 fully saturated rings. The molecule has 25 heavy (non-hydrogen) atoms. The molecule has 2 saturated heterocycles. The fourth-order valence-corrected chi connectivity index (χ4v) is 3.95. The number of aryl methyl sites for hydroxylation is 1. The maximum absolute atomic E-state index is 13.6. The molecule has 4 heterocycles.